The third kappa shape index (κ3) is 3.60. The van der Waals surface area contributed by atoms with Gasteiger partial charge in [0.15, 0.2) is 0 Å². The van der Waals surface area contributed by atoms with Crippen molar-refractivity contribution in [1.29, 1.82) is 5.26 Å². The van der Waals surface area contributed by atoms with Crippen LogP contribution in [0.15, 0.2) is 24.3 Å². The van der Waals surface area contributed by atoms with Crippen molar-refractivity contribution in [2.45, 2.75) is 51.5 Å². The second kappa shape index (κ2) is 7.09. The average molecular weight is 270 g/mol. The van der Waals surface area contributed by atoms with E-state index in [1.807, 2.05) is 12.1 Å². The fraction of sp³-hybridized carbons (Fsp3) is 0.529. The fourth-order valence-electron chi connectivity index (χ4n) is 2.99. The maximum atomic E-state index is 12.4. The molecule has 0 saturated heterocycles. The van der Waals surface area contributed by atoms with Crippen LogP contribution in [0, 0.1) is 18.3 Å². The summed E-state index contributed by atoms with van der Waals surface area (Å²) in [6.45, 7) is 2.31. The molecule has 0 atom stereocenters. The van der Waals surface area contributed by atoms with Crippen LogP contribution in [0.1, 0.15) is 43.2 Å². The van der Waals surface area contributed by atoms with E-state index < -0.39 is 0 Å². The zero-order chi connectivity index (χ0) is 14.4. The molecule has 3 heteroatoms. The van der Waals surface area contributed by atoms with E-state index in [1.54, 1.807) is 4.90 Å². The van der Waals surface area contributed by atoms with Gasteiger partial charge in [0, 0.05) is 12.5 Å². The first-order valence-electron chi connectivity index (χ1n) is 7.43. The van der Waals surface area contributed by atoms with E-state index in [2.05, 4.69) is 25.1 Å². The molecule has 1 aliphatic rings. The minimum absolute atomic E-state index is 0.127. The smallest absolute Gasteiger partial charge is 0.224 e. The van der Waals surface area contributed by atoms with Crippen LogP contribution in [0.2, 0.25) is 0 Å². The maximum Gasteiger partial charge on any atom is 0.224 e. The van der Waals surface area contributed by atoms with E-state index in [0.29, 0.717) is 12.5 Å². The normalized spacial score (nSPS) is 15.0. The first kappa shape index (κ1) is 14.6. The highest BCUT2D eigenvalue weighted by Gasteiger charge is 2.26. The van der Waals surface area contributed by atoms with Crippen LogP contribution in [0.3, 0.4) is 0 Å². The van der Waals surface area contributed by atoms with Gasteiger partial charge in [-0.25, -0.2) is 0 Å². The first-order valence-corrected chi connectivity index (χ1v) is 7.43. The van der Waals surface area contributed by atoms with Crippen molar-refractivity contribution in [3.63, 3.8) is 0 Å². The van der Waals surface area contributed by atoms with E-state index in [1.165, 1.54) is 24.0 Å². The van der Waals surface area contributed by atoms with E-state index >= 15 is 0 Å². The summed E-state index contributed by atoms with van der Waals surface area (Å²) in [6, 6.07) is 10.6. The Bertz CT molecular complexity index is 498. The molecule has 0 radical (unpaired) electrons. The Labute approximate surface area is 121 Å². The van der Waals surface area contributed by atoms with Crippen LogP contribution in [0.5, 0.6) is 0 Å². The summed E-state index contributed by atoms with van der Waals surface area (Å²) in [5.41, 5.74) is 2.46. The number of aryl methyl sites for hydroxylation is 2. The zero-order valence-corrected chi connectivity index (χ0v) is 12.1. The summed E-state index contributed by atoms with van der Waals surface area (Å²) in [7, 11) is 0. The molecule has 1 aromatic rings. The van der Waals surface area contributed by atoms with E-state index in [4.69, 9.17) is 5.26 Å². The second-order valence-corrected chi connectivity index (χ2v) is 5.54. The molecule has 0 bridgehead atoms. The molecule has 3 nitrogen and oxygen atoms in total. The molecule has 1 aliphatic carbocycles. The third-order valence-corrected chi connectivity index (χ3v) is 4.20. The van der Waals surface area contributed by atoms with Gasteiger partial charge < -0.3 is 4.90 Å². The first-order chi connectivity index (χ1) is 9.72. The number of rotatable bonds is 5. The topological polar surface area (TPSA) is 44.1 Å². The summed E-state index contributed by atoms with van der Waals surface area (Å²) < 4.78 is 0. The van der Waals surface area contributed by atoms with Crippen LogP contribution in [-0.4, -0.2) is 23.4 Å². The van der Waals surface area contributed by atoms with Gasteiger partial charge in [-0.2, -0.15) is 5.26 Å². The summed E-state index contributed by atoms with van der Waals surface area (Å²) in [5, 5.41) is 8.93. The molecular weight excluding hydrogens is 248 g/mol. The lowest BCUT2D eigenvalue weighted by Crippen LogP contribution is -2.39. The Hall–Kier alpha value is -1.82. The molecule has 0 heterocycles. The molecule has 106 valence electrons. The van der Waals surface area contributed by atoms with Gasteiger partial charge in [0.1, 0.15) is 6.54 Å². The number of carbonyl (C=O) groups is 1. The minimum atomic E-state index is 0.127. The van der Waals surface area contributed by atoms with Crippen LogP contribution < -0.4 is 0 Å². The fourth-order valence-corrected chi connectivity index (χ4v) is 2.99. The maximum absolute atomic E-state index is 12.4. The lowest BCUT2D eigenvalue weighted by atomic mass is 10.0. The lowest BCUT2D eigenvalue weighted by Gasteiger charge is -2.26. The van der Waals surface area contributed by atoms with Gasteiger partial charge in [-0.15, -0.1) is 0 Å². The van der Waals surface area contributed by atoms with Crippen molar-refractivity contribution in [2.75, 3.05) is 6.54 Å². The van der Waals surface area contributed by atoms with Crippen LogP contribution in [0.25, 0.3) is 0 Å². The third-order valence-electron chi connectivity index (χ3n) is 4.20. The molecule has 0 aromatic heterocycles. The molecular formula is C17H22N2O. The van der Waals surface area contributed by atoms with Gasteiger partial charge in [0.05, 0.1) is 6.07 Å². The summed E-state index contributed by atoms with van der Waals surface area (Å²) in [5.74, 6) is 0.127. The van der Waals surface area contributed by atoms with Crippen molar-refractivity contribution in [3.8, 4) is 6.07 Å². The minimum Gasteiger partial charge on any atom is -0.326 e. The van der Waals surface area contributed by atoms with E-state index in [9.17, 15) is 4.79 Å². The number of nitrogens with zero attached hydrogens (tertiary/aromatic N) is 2. The molecule has 1 saturated carbocycles. The van der Waals surface area contributed by atoms with Gasteiger partial charge in [-0.1, -0.05) is 37.1 Å². The molecule has 0 aliphatic heterocycles. The highest BCUT2D eigenvalue weighted by atomic mass is 16.2. The molecule has 1 aromatic carbocycles. The van der Waals surface area contributed by atoms with E-state index in [-0.39, 0.29) is 12.5 Å². The Morgan fingerprint density at radius 3 is 2.70 bits per heavy atom. The van der Waals surface area contributed by atoms with Gasteiger partial charge >= 0.3 is 0 Å². The number of benzene rings is 1. The van der Waals surface area contributed by atoms with Crippen molar-refractivity contribution < 1.29 is 4.79 Å². The molecule has 0 N–H and O–H groups in total. The molecule has 1 amide bonds. The molecule has 2 rings (SSSR count). The number of amides is 1. The SMILES string of the molecule is Cc1ccccc1CCC(=O)N(CC#N)C1CCCC1. The Balaban J connectivity index is 1.95. The summed E-state index contributed by atoms with van der Waals surface area (Å²) in [4.78, 5) is 14.2. The zero-order valence-electron chi connectivity index (χ0n) is 12.1. The van der Waals surface area contributed by atoms with Gasteiger partial charge in [-0.05, 0) is 37.3 Å². The standard InChI is InChI=1S/C17H22N2O/c1-14-6-2-3-7-15(14)10-11-17(20)19(13-12-18)16-8-4-5-9-16/h2-3,6-7,16H,4-5,8-11,13H2,1H3. The number of nitriles is 1. The summed E-state index contributed by atoms with van der Waals surface area (Å²) >= 11 is 0. The van der Waals surface area contributed by atoms with Crippen LogP contribution >= 0.6 is 0 Å². The second-order valence-electron chi connectivity index (χ2n) is 5.54. The average Bonchev–Trinajstić information content (AvgIpc) is 2.97. The highest BCUT2D eigenvalue weighted by molar-refractivity contribution is 5.77. The van der Waals surface area contributed by atoms with Crippen LogP contribution in [0.4, 0.5) is 0 Å². The quantitative estimate of drug-likeness (QED) is 0.771. The molecule has 0 spiro atoms. The number of hydrogen-bond acceptors (Lipinski definition) is 2. The predicted molar refractivity (Wildman–Crippen MR) is 79.1 cm³/mol. The molecule has 20 heavy (non-hydrogen) atoms. The lowest BCUT2D eigenvalue weighted by molar-refractivity contribution is -0.132. The highest BCUT2D eigenvalue weighted by Crippen LogP contribution is 2.24. The largest absolute Gasteiger partial charge is 0.326 e. The van der Waals surface area contributed by atoms with E-state index in [0.717, 1.165) is 19.3 Å². The van der Waals surface area contributed by atoms with Gasteiger partial charge in [0.2, 0.25) is 5.91 Å². The molecule has 1 fully saturated rings. The Morgan fingerprint density at radius 1 is 1.35 bits per heavy atom. The van der Waals surface area contributed by atoms with Gasteiger partial charge in [0.25, 0.3) is 0 Å². The van der Waals surface area contributed by atoms with Crippen molar-refractivity contribution in [3.05, 3.63) is 35.4 Å². The van der Waals surface area contributed by atoms with Gasteiger partial charge in [-0.3, -0.25) is 4.79 Å². The van der Waals surface area contributed by atoms with Crippen molar-refractivity contribution >= 4 is 5.91 Å². The van der Waals surface area contributed by atoms with Crippen molar-refractivity contribution in [1.82, 2.24) is 4.90 Å². The number of hydrogen-bond donors (Lipinski definition) is 0. The number of carbonyl (C=O) groups excluding carboxylic acids is 1. The monoisotopic (exact) mass is 270 g/mol. The Kier molecular flexibility index (Phi) is 5.17. The molecule has 0 unspecified atom stereocenters. The predicted octanol–water partition coefficient (Wildman–Crippen LogP) is 3.22. The van der Waals surface area contributed by atoms with Crippen LogP contribution in [-0.2, 0) is 11.2 Å². The Morgan fingerprint density at radius 2 is 2.05 bits per heavy atom. The van der Waals surface area contributed by atoms with Crippen molar-refractivity contribution in [2.24, 2.45) is 0 Å². The summed E-state index contributed by atoms with van der Waals surface area (Å²) in [6.07, 6.45) is 5.73.